The Hall–Kier alpha value is -2.26. The molecule has 32 heavy (non-hydrogen) atoms. The van der Waals surface area contributed by atoms with Gasteiger partial charge in [-0.05, 0) is 50.7 Å². The number of aryl methyl sites for hydroxylation is 2. The van der Waals surface area contributed by atoms with E-state index in [0.29, 0.717) is 45.7 Å². The molecule has 174 valence electrons. The average molecular weight is 460 g/mol. The highest BCUT2D eigenvalue weighted by Gasteiger charge is 2.26. The van der Waals surface area contributed by atoms with Crippen molar-refractivity contribution in [3.63, 3.8) is 0 Å². The van der Waals surface area contributed by atoms with Gasteiger partial charge in [0, 0.05) is 26.1 Å². The first-order valence-corrected chi connectivity index (χ1v) is 12.4. The Labute approximate surface area is 191 Å². The van der Waals surface area contributed by atoms with Crippen LogP contribution in [-0.2, 0) is 26.0 Å². The summed E-state index contributed by atoms with van der Waals surface area (Å²) >= 11 is 0. The number of amides is 1. The van der Waals surface area contributed by atoms with Crippen LogP contribution < -0.4 is 5.32 Å². The molecule has 1 aliphatic rings. The molecule has 3 rings (SSSR count). The fraction of sp³-hybridized carbons (Fsp3) is 0.458. The second-order valence-electron chi connectivity index (χ2n) is 8.35. The van der Waals surface area contributed by atoms with Crippen molar-refractivity contribution in [3.05, 3.63) is 65.2 Å². The molecule has 0 aliphatic carbocycles. The molecule has 1 amide bonds. The van der Waals surface area contributed by atoms with Crippen molar-refractivity contribution >= 4 is 15.9 Å². The summed E-state index contributed by atoms with van der Waals surface area (Å²) in [7, 11) is 0.510. The van der Waals surface area contributed by atoms with Gasteiger partial charge in [0.1, 0.15) is 0 Å². The molecule has 7 nitrogen and oxygen atoms in total. The molecule has 1 saturated heterocycles. The molecule has 0 aromatic heterocycles. The lowest BCUT2D eigenvalue weighted by Gasteiger charge is -2.26. The lowest BCUT2D eigenvalue weighted by Crippen LogP contribution is -2.40. The number of morpholine rings is 1. The van der Waals surface area contributed by atoms with Crippen molar-refractivity contribution < 1.29 is 17.9 Å². The van der Waals surface area contributed by atoms with Crippen LogP contribution in [0.5, 0.6) is 0 Å². The Bertz CT molecular complexity index is 983. The Morgan fingerprint density at radius 3 is 2.28 bits per heavy atom. The lowest BCUT2D eigenvalue weighted by molar-refractivity contribution is -0.121. The molecule has 0 bridgehead atoms. The first-order chi connectivity index (χ1) is 15.3. The molecule has 1 atom stereocenters. The van der Waals surface area contributed by atoms with E-state index in [1.54, 1.807) is 24.3 Å². The summed E-state index contributed by atoms with van der Waals surface area (Å²) in [6.07, 6.45) is 0.907. The van der Waals surface area contributed by atoms with Crippen LogP contribution in [0.2, 0.25) is 0 Å². The van der Waals surface area contributed by atoms with Gasteiger partial charge < -0.3 is 15.0 Å². The molecule has 1 heterocycles. The van der Waals surface area contributed by atoms with Gasteiger partial charge in [0.2, 0.25) is 15.9 Å². The molecule has 0 spiro atoms. The first-order valence-electron chi connectivity index (χ1n) is 10.9. The van der Waals surface area contributed by atoms with E-state index in [0.717, 1.165) is 11.1 Å². The zero-order valence-corrected chi connectivity index (χ0v) is 19.9. The van der Waals surface area contributed by atoms with Crippen LogP contribution in [0.25, 0.3) is 0 Å². The highest BCUT2D eigenvalue weighted by Crippen LogP contribution is 2.19. The van der Waals surface area contributed by atoms with Crippen LogP contribution in [-0.4, -0.2) is 70.5 Å². The number of sulfonamides is 1. The Morgan fingerprint density at radius 2 is 1.69 bits per heavy atom. The molecule has 0 saturated carbocycles. The van der Waals surface area contributed by atoms with Crippen LogP contribution in [0.3, 0.4) is 0 Å². The summed E-state index contributed by atoms with van der Waals surface area (Å²) in [4.78, 5) is 14.8. The fourth-order valence-corrected chi connectivity index (χ4v) is 5.12. The van der Waals surface area contributed by atoms with Gasteiger partial charge in [0.05, 0.1) is 24.2 Å². The van der Waals surface area contributed by atoms with Crippen molar-refractivity contribution in [1.82, 2.24) is 14.5 Å². The minimum atomic E-state index is -3.50. The van der Waals surface area contributed by atoms with Gasteiger partial charge >= 0.3 is 0 Å². The van der Waals surface area contributed by atoms with Crippen LogP contribution in [0.1, 0.15) is 29.2 Å². The molecule has 1 fully saturated rings. The van der Waals surface area contributed by atoms with Crippen molar-refractivity contribution in [2.45, 2.75) is 30.7 Å². The summed E-state index contributed by atoms with van der Waals surface area (Å²) in [5, 5.41) is 3.03. The quantitative estimate of drug-likeness (QED) is 0.623. The second kappa shape index (κ2) is 11.0. The number of nitrogens with one attached hydrogen (secondary N) is 1. The maximum absolute atomic E-state index is 12.7. The molecule has 2 aromatic carbocycles. The van der Waals surface area contributed by atoms with E-state index in [2.05, 4.69) is 41.4 Å². The third kappa shape index (κ3) is 6.38. The number of carbonyl (C=O) groups is 1. The van der Waals surface area contributed by atoms with E-state index in [4.69, 9.17) is 4.74 Å². The molecular weight excluding hydrogens is 426 g/mol. The molecule has 0 radical (unpaired) electrons. The maximum Gasteiger partial charge on any atom is 0.243 e. The number of rotatable bonds is 9. The van der Waals surface area contributed by atoms with Gasteiger partial charge in [0.15, 0.2) is 0 Å². The minimum Gasteiger partial charge on any atom is -0.379 e. The average Bonchev–Trinajstić information content (AvgIpc) is 2.79. The van der Waals surface area contributed by atoms with Crippen molar-refractivity contribution in [2.75, 3.05) is 46.9 Å². The zero-order chi connectivity index (χ0) is 23.1. The number of nitrogens with zero attached hydrogens (tertiary/aromatic N) is 2. The number of hydrogen-bond acceptors (Lipinski definition) is 5. The Balaban J connectivity index is 1.51. The number of likely N-dealkylation sites (N-methyl/N-ethyl adjacent to an activating group) is 1. The van der Waals surface area contributed by atoms with Gasteiger partial charge in [-0.2, -0.15) is 4.31 Å². The Kier molecular flexibility index (Phi) is 8.42. The van der Waals surface area contributed by atoms with Crippen molar-refractivity contribution in [1.29, 1.82) is 0 Å². The molecule has 8 heteroatoms. The number of benzene rings is 2. The van der Waals surface area contributed by atoms with Gasteiger partial charge in [-0.1, -0.05) is 42.0 Å². The SMILES string of the molecule is Cc1ccc(C(CNC(=O)CCc2ccc(S(=O)(=O)N3CCOCC3)cc2)N(C)C)cc1. The Morgan fingerprint density at radius 1 is 1.06 bits per heavy atom. The van der Waals surface area contributed by atoms with Crippen molar-refractivity contribution in [3.8, 4) is 0 Å². The lowest BCUT2D eigenvalue weighted by atomic mass is 10.0. The van der Waals surface area contributed by atoms with Crippen LogP contribution >= 0.6 is 0 Å². The predicted octanol–water partition coefficient (Wildman–Crippen LogP) is 2.37. The molecule has 1 aliphatic heterocycles. The summed E-state index contributed by atoms with van der Waals surface area (Å²) in [5.74, 6) is -0.0195. The molecule has 1 N–H and O–H groups in total. The van der Waals surface area contributed by atoms with Crippen LogP contribution in [0.15, 0.2) is 53.4 Å². The fourth-order valence-electron chi connectivity index (χ4n) is 3.71. The van der Waals surface area contributed by atoms with E-state index in [9.17, 15) is 13.2 Å². The molecule has 2 aromatic rings. The largest absolute Gasteiger partial charge is 0.379 e. The van der Waals surface area contributed by atoms with Gasteiger partial charge in [-0.3, -0.25) is 4.79 Å². The van der Waals surface area contributed by atoms with Crippen molar-refractivity contribution in [2.24, 2.45) is 0 Å². The topological polar surface area (TPSA) is 79.0 Å². The van der Waals surface area contributed by atoms with Crippen LogP contribution in [0.4, 0.5) is 0 Å². The smallest absolute Gasteiger partial charge is 0.243 e. The van der Waals surface area contributed by atoms with Gasteiger partial charge in [-0.15, -0.1) is 0 Å². The van der Waals surface area contributed by atoms with E-state index >= 15 is 0 Å². The summed E-state index contributed by atoms with van der Waals surface area (Å²) in [6, 6.07) is 15.3. The maximum atomic E-state index is 12.7. The standard InChI is InChI=1S/C24H33N3O4S/c1-19-4-9-21(10-5-19)23(26(2)3)18-25-24(28)13-8-20-6-11-22(12-7-20)32(29,30)27-14-16-31-17-15-27/h4-7,9-12,23H,8,13-18H2,1-3H3,(H,25,28). The summed E-state index contributed by atoms with van der Waals surface area (Å²) in [5.41, 5.74) is 3.31. The first kappa shape index (κ1) is 24.4. The van der Waals surface area contributed by atoms with E-state index in [1.807, 2.05) is 14.1 Å². The number of carbonyl (C=O) groups excluding carboxylic acids is 1. The van der Waals surface area contributed by atoms with E-state index in [-0.39, 0.29) is 16.8 Å². The molecule has 1 unspecified atom stereocenters. The van der Waals surface area contributed by atoms with E-state index in [1.165, 1.54) is 9.87 Å². The third-order valence-electron chi connectivity index (χ3n) is 5.75. The zero-order valence-electron chi connectivity index (χ0n) is 19.1. The second-order valence-corrected chi connectivity index (χ2v) is 10.3. The van der Waals surface area contributed by atoms with E-state index < -0.39 is 10.0 Å². The summed E-state index contributed by atoms with van der Waals surface area (Å²) < 4.78 is 32.1. The minimum absolute atomic E-state index is 0.0195. The highest BCUT2D eigenvalue weighted by atomic mass is 32.2. The monoisotopic (exact) mass is 459 g/mol. The van der Waals surface area contributed by atoms with Gasteiger partial charge in [0.25, 0.3) is 0 Å². The molecular formula is C24H33N3O4S. The number of ether oxygens (including phenoxy) is 1. The summed E-state index contributed by atoms with van der Waals surface area (Å²) in [6.45, 7) is 4.18. The van der Waals surface area contributed by atoms with Gasteiger partial charge in [-0.25, -0.2) is 8.42 Å². The predicted molar refractivity (Wildman–Crippen MR) is 125 cm³/mol. The van der Waals surface area contributed by atoms with Crippen LogP contribution in [0, 0.1) is 6.92 Å². The normalized spacial score (nSPS) is 16.1. The third-order valence-corrected chi connectivity index (χ3v) is 7.66. The number of hydrogen-bond donors (Lipinski definition) is 1. The highest BCUT2D eigenvalue weighted by molar-refractivity contribution is 7.89.